The molecule has 1 saturated heterocycles. The van der Waals surface area contributed by atoms with Crippen LogP contribution < -0.4 is 5.32 Å². The van der Waals surface area contributed by atoms with Gasteiger partial charge < -0.3 is 5.32 Å². The third-order valence-corrected chi connectivity index (χ3v) is 3.98. The standard InChI is InChI=1S/C10H16N2S/c1-7(2)9-6-12-10(13-9)8-3-4-11-5-8/h6-8,11H,3-5H2,1-2H3. The number of nitrogens with zero attached hydrogens (tertiary/aromatic N) is 1. The molecule has 0 bridgehead atoms. The molecule has 1 aromatic rings. The van der Waals surface area contributed by atoms with Crippen LogP contribution in [-0.4, -0.2) is 18.1 Å². The average molecular weight is 196 g/mol. The maximum atomic E-state index is 4.50. The third kappa shape index (κ3) is 1.92. The number of thiazole rings is 1. The van der Waals surface area contributed by atoms with Gasteiger partial charge in [0.1, 0.15) is 0 Å². The van der Waals surface area contributed by atoms with Crippen LogP contribution in [0.1, 0.15) is 42.0 Å². The van der Waals surface area contributed by atoms with Crippen molar-refractivity contribution in [2.75, 3.05) is 13.1 Å². The van der Waals surface area contributed by atoms with Crippen molar-refractivity contribution in [3.8, 4) is 0 Å². The minimum atomic E-state index is 0.626. The van der Waals surface area contributed by atoms with Crippen molar-refractivity contribution < 1.29 is 0 Å². The summed E-state index contributed by atoms with van der Waals surface area (Å²) in [5.41, 5.74) is 0. The van der Waals surface area contributed by atoms with Crippen LogP contribution >= 0.6 is 11.3 Å². The van der Waals surface area contributed by atoms with E-state index in [1.54, 1.807) is 0 Å². The van der Waals surface area contributed by atoms with Crippen LogP contribution in [0, 0.1) is 0 Å². The molecule has 0 aromatic carbocycles. The fourth-order valence-corrected chi connectivity index (χ4v) is 2.68. The summed E-state index contributed by atoms with van der Waals surface area (Å²) in [4.78, 5) is 5.92. The maximum Gasteiger partial charge on any atom is 0.0971 e. The summed E-state index contributed by atoms with van der Waals surface area (Å²) in [7, 11) is 0. The van der Waals surface area contributed by atoms with E-state index in [4.69, 9.17) is 0 Å². The second-order valence-electron chi connectivity index (χ2n) is 3.95. The quantitative estimate of drug-likeness (QED) is 0.785. The number of nitrogens with one attached hydrogen (secondary N) is 1. The summed E-state index contributed by atoms with van der Waals surface area (Å²) in [6.07, 6.45) is 3.30. The molecule has 13 heavy (non-hydrogen) atoms. The molecule has 0 spiro atoms. The Kier molecular flexibility index (Phi) is 2.65. The van der Waals surface area contributed by atoms with E-state index in [0.29, 0.717) is 11.8 Å². The van der Waals surface area contributed by atoms with E-state index in [1.807, 2.05) is 17.5 Å². The second kappa shape index (κ2) is 3.76. The zero-order chi connectivity index (χ0) is 9.26. The molecule has 72 valence electrons. The highest BCUT2D eigenvalue weighted by Crippen LogP contribution is 2.29. The smallest absolute Gasteiger partial charge is 0.0971 e. The Morgan fingerprint density at radius 2 is 2.46 bits per heavy atom. The summed E-state index contributed by atoms with van der Waals surface area (Å²) in [6.45, 7) is 6.72. The first-order chi connectivity index (χ1) is 6.27. The highest BCUT2D eigenvalue weighted by Gasteiger charge is 2.20. The van der Waals surface area contributed by atoms with Crippen molar-refractivity contribution in [2.24, 2.45) is 0 Å². The molecule has 2 heterocycles. The van der Waals surface area contributed by atoms with E-state index in [1.165, 1.54) is 16.3 Å². The summed E-state index contributed by atoms with van der Waals surface area (Å²) in [6, 6.07) is 0. The lowest BCUT2D eigenvalue weighted by Crippen LogP contribution is -2.07. The molecule has 0 radical (unpaired) electrons. The molecular formula is C10H16N2S. The summed E-state index contributed by atoms with van der Waals surface area (Å²) in [5.74, 6) is 1.30. The van der Waals surface area contributed by atoms with Gasteiger partial charge in [0, 0.05) is 23.5 Å². The largest absolute Gasteiger partial charge is 0.316 e. The van der Waals surface area contributed by atoms with E-state index in [2.05, 4.69) is 24.1 Å². The lowest BCUT2D eigenvalue weighted by molar-refractivity contribution is 0.755. The van der Waals surface area contributed by atoms with Gasteiger partial charge in [-0.05, 0) is 18.9 Å². The van der Waals surface area contributed by atoms with Gasteiger partial charge in [0.15, 0.2) is 0 Å². The molecule has 2 rings (SSSR count). The van der Waals surface area contributed by atoms with Gasteiger partial charge in [-0.15, -0.1) is 11.3 Å². The van der Waals surface area contributed by atoms with Gasteiger partial charge in [0.05, 0.1) is 5.01 Å². The van der Waals surface area contributed by atoms with Gasteiger partial charge in [-0.1, -0.05) is 13.8 Å². The minimum absolute atomic E-state index is 0.626. The summed E-state index contributed by atoms with van der Waals surface area (Å²) >= 11 is 1.89. The van der Waals surface area contributed by atoms with Crippen molar-refractivity contribution in [3.63, 3.8) is 0 Å². The Balaban J connectivity index is 2.12. The van der Waals surface area contributed by atoms with Crippen molar-refractivity contribution in [2.45, 2.75) is 32.1 Å². The van der Waals surface area contributed by atoms with Crippen LogP contribution in [-0.2, 0) is 0 Å². The normalized spacial score (nSPS) is 22.8. The van der Waals surface area contributed by atoms with Gasteiger partial charge in [0.2, 0.25) is 0 Å². The van der Waals surface area contributed by atoms with Gasteiger partial charge in [-0.2, -0.15) is 0 Å². The van der Waals surface area contributed by atoms with Gasteiger partial charge in [-0.3, -0.25) is 0 Å². The minimum Gasteiger partial charge on any atom is -0.316 e. The van der Waals surface area contributed by atoms with Crippen molar-refractivity contribution in [1.82, 2.24) is 10.3 Å². The first-order valence-electron chi connectivity index (χ1n) is 4.93. The monoisotopic (exact) mass is 196 g/mol. The molecule has 3 heteroatoms. The van der Waals surface area contributed by atoms with Crippen molar-refractivity contribution in [3.05, 3.63) is 16.1 Å². The number of rotatable bonds is 2. The highest BCUT2D eigenvalue weighted by atomic mass is 32.1. The lowest BCUT2D eigenvalue weighted by Gasteiger charge is -2.02. The Morgan fingerprint density at radius 3 is 3.00 bits per heavy atom. The molecule has 1 aromatic heterocycles. The molecule has 2 nitrogen and oxygen atoms in total. The maximum absolute atomic E-state index is 4.50. The van der Waals surface area contributed by atoms with Crippen LogP contribution in [0.15, 0.2) is 6.20 Å². The molecule has 1 N–H and O–H groups in total. The van der Waals surface area contributed by atoms with Crippen molar-refractivity contribution in [1.29, 1.82) is 0 Å². The topological polar surface area (TPSA) is 24.9 Å². The molecule has 1 aliphatic heterocycles. The van der Waals surface area contributed by atoms with Gasteiger partial charge >= 0.3 is 0 Å². The first-order valence-corrected chi connectivity index (χ1v) is 5.75. The van der Waals surface area contributed by atoms with E-state index in [9.17, 15) is 0 Å². The van der Waals surface area contributed by atoms with Gasteiger partial charge in [-0.25, -0.2) is 4.98 Å². The van der Waals surface area contributed by atoms with Crippen LogP contribution in [0.2, 0.25) is 0 Å². The zero-order valence-corrected chi connectivity index (χ0v) is 9.03. The molecule has 1 unspecified atom stereocenters. The molecule has 0 amide bonds. The van der Waals surface area contributed by atoms with Gasteiger partial charge in [0.25, 0.3) is 0 Å². The first kappa shape index (κ1) is 9.16. The Hall–Kier alpha value is -0.410. The highest BCUT2D eigenvalue weighted by molar-refractivity contribution is 7.11. The second-order valence-corrected chi connectivity index (χ2v) is 5.04. The van der Waals surface area contributed by atoms with Crippen LogP contribution in [0.25, 0.3) is 0 Å². The molecule has 0 aliphatic carbocycles. The van der Waals surface area contributed by atoms with E-state index in [-0.39, 0.29) is 0 Å². The van der Waals surface area contributed by atoms with Crippen molar-refractivity contribution >= 4 is 11.3 Å². The summed E-state index contributed by atoms with van der Waals surface area (Å²) in [5, 5.41) is 4.70. The molecule has 1 fully saturated rings. The molecule has 1 aliphatic rings. The third-order valence-electron chi connectivity index (χ3n) is 2.52. The lowest BCUT2D eigenvalue weighted by atomic mass is 10.1. The number of aromatic nitrogens is 1. The molecular weight excluding hydrogens is 180 g/mol. The molecule has 1 atom stereocenters. The predicted molar refractivity (Wildman–Crippen MR) is 56.4 cm³/mol. The fraction of sp³-hybridized carbons (Fsp3) is 0.700. The SMILES string of the molecule is CC(C)c1cnc(C2CCNC2)s1. The van der Waals surface area contributed by atoms with Crippen LogP contribution in [0.3, 0.4) is 0 Å². The number of hydrogen-bond donors (Lipinski definition) is 1. The molecule has 0 saturated carbocycles. The zero-order valence-electron chi connectivity index (χ0n) is 8.21. The van der Waals surface area contributed by atoms with Crippen LogP contribution in [0.5, 0.6) is 0 Å². The van der Waals surface area contributed by atoms with E-state index < -0.39 is 0 Å². The van der Waals surface area contributed by atoms with E-state index >= 15 is 0 Å². The van der Waals surface area contributed by atoms with Crippen LogP contribution in [0.4, 0.5) is 0 Å². The number of hydrogen-bond acceptors (Lipinski definition) is 3. The Morgan fingerprint density at radius 1 is 1.62 bits per heavy atom. The Labute approximate surface area is 83.4 Å². The average Bonchev–Trinajstić information content (AvgIpc) is 2.75. The van der Waals surface area contributed by atoms with E-state index in [0.717, 1.165) is 13.1 Å². The predicted octanol–water partition coefficient (Wildman–Crippen LogP) is 2.34. The summed E-state index contributed by atoms with van der Waals surface area (Å²) < 4.78 is 0. The fourth-order valence-electron chi connectivity index (χ4n) is 1.62. The Bertz CT molecular complexity index is 274.